The molecule has 2 aliphatic heterocycles. The Balaban J connectivity index is 1.42. The van der Waals surface area contributed by atoms with Crippen LogP contribution in [-0.2, 0) is 12.0 Å². The molecule has 0 atom stereocenters. The van der Waals surface area contributed by atoms with E-state index in [0.29, 0.717) is 6.54 Å². The largest absolute Gasteiger partial charge is 0.457 e. The van der Waals surface area contributed by atoms with Gasteiger partial charge >= 0.3 is 0 Å². The topological polar surface area (TPSA) is 12.5 Å². The fourth-order valence-electron chi connectivity index (χ4n) is 7.58. The van der Waals surface area contributed by atoms with Crippen molar-refractivity contribution in [2.24, 2.45) is 0 Å². The summed E-state index contributed by atoms with van der Waals surface area (Å²) >= 11 is 3.86. The number of halogens is 1. The molecule has 0 unspecified atom stereocenters. The van der Waals surface area contributed by atoms with Crippen molar-refractivity contribution < 1.29 is 4.74 Å². The van der Waals surface area contributed by atoms with Crippen molar-refractivity contribution in [3.8, 4) is 33.8 Å². The number of rotatable bonds is 4. The predicted molar refractivity (Wildman–Crippen MR) is 196 cm³/mol. The number of nitrogens with zero attached hydrogens (tertiary/aromatic N) is 1. The monoisotopic (exact) mass is 667 g/mol. The summed E-state index contributed by atoms with van der Waals surface area (Å²) in [6, 6.07) is 61.2. The zero-order chi connectivity index (χ0) is 31.4. The molecule has 2 aliphatic rings. The molecule has 0 amide bonds. The third-order valence-corrected chi connectivity index (χ3v) is 10.5. The van der Waals surface area contributed by atoms with E-state index in [4.69, 9.17) is 4.74 Å². The molecule has 1 spiro atoms. The molecule has 2 nitrogen and oxygen atoms in total. The van der Waals surface area contributed by atoms with Crippen LogP contribution in [0.1, 0.15) is 27.8 Å². The second-order valence-electron chi connectivity index (χ2n) is 12.2. The number of para-hydroxylation sites is 2. The SMILES string of the molecule is Brc1ccccc1CN1c2ccc(-c3ccccc3)cc2C2(c3ccccc3Oc3ccccc32)c2cc(-c3ccccc3)ccc21. The van der Waals surface area contributed by atoms with E-state index in [0.717, 1.165) is 27.1 Å². The van der Waals surface area contributed by atoms with Gasteiger partial charge < -0.3 is 9.64 Å². The highest BCUT2D eigenvalue weighted by Gasteiger charge is 2.51. The number of fused-ring (bicyclic) bond motifs is 8. The Morgan fingerprint density at radius 1 is 0.447 bits per heavy atom. The van der Waals surface area contributed by atoms with Gasteiger partial charge in [0.25, 0.3) is 0 Å². The van der Waals surface area contributed by atoms with Crippen molar-refractivity contribution >= 4 is 27.3 Å². The van der Waals surface area contributed by atoms with Crippen LogP contribution in [-0.4, -0.2) is 0 Å². The van der Waals surface area contributed by atoms with E-state index in [2.05, 4.69) is 191 Å². The summed E-state index contributed by atoms with van der Waals surface area (Å²) in [5.41, 5.74) is 12.5. The Labute approximate surface area is 283 Å². The number of ether oxygens (including phenoxy) is 1. The van der Waals surface area contributed by atoms with Gasteiger partial charge in [0.15, 0.2) is 0 Å². The molecule has 7 aromatic carbocycles. The summed E-state index contributed by atoms with van der Waals surface area (Å²) in [7, 11) is 0. The molecule has 47 heavy (non-hydrogen) atoms. The molecule has 0 saturated carbocycles. The zero-order valence-corrected chi connectivity index (χ0v) is 27.2. The molecule has 2 heterocycles. The summed E-state index contributed by atoms with van der Waals surface area (Å²) < 4.78 is 7.79. The molecule has 0 fully saturated rings. The summed E-state index contributed by atoms with van der Waals surface area (Å²) in [6.45, 7) is 0.715. The van der Waals surface area contributed by atoms with Crippen LogP contribution in [0.3, 0.4) is 0 Å². The van der Waals surface area contributed by atoms with Crippen LogP contribution in [0.2, 0.25) is 0 Å². The molecule has 0 aromatic heterocycles. The minimum Gasteiger partial charge on any atom is -0.457 e. The van der Waals surface area contributed by atoms with Crippen LogP contribution in [0.15, 0.2) is 174 Å². The molecule has 0 bridgehead atoms. The van der Waals surface area contributed by atoms with E-state index in [1.165, 1.54) is 50.3 Å². The molecule has 0 N–H and O–H groups in total. The van der Waals surface area contributed by atoms with Gasteiger partial charge in [-0.1, -0.05) is 143 Å². The molecule has 9 rings (SSSR count). The molecular weight excluding hydrogens is 638 g/mol. The van der Waals surface area contributed by atoms with Gasteiger partial charge in [-0.15, -0.1) is 0 Å². The lowest BCUT2D eigenvalue weighted by Gasteiger charge is -2.49. The lowest BCUT2D eigenvalue weighted by atomic mass is 9.60. The van der Waals surface area contributed by atoms with Crippen LogP contribution in [0.25, 0.3) is 22.3 Å². The van der Waals surface area contributed by atoms with Crippen molar-refractivity contribution in [3.63, 3.8) is 0 Å². The molecule has 0 radical (unpaired) electrons. The predicted octanol–water partition coefficient (Wildman–Crippen LogP) is 11.9. The molecule has 7 aromatic rings. The summed E-state index contributed by atoms with van der Waals surface area (Å²) in [5, 5.41) is 0. The van der Waals surface area contributed by atoms with Gasteiger partial charge in [-0.3, -0.25) is 0 Å². The van der Waals surface area contributed by atoms with Gasteiger partial charge in [0.1, 0.15) is 11.5 Å². The van der Waals surface area contributed by atoms with E-state index < -0.39 is 5.41 Å². The molecule has 0 aliphatic carbocycles. The Morgan fingerprint density at radius 2 is 0.915 bits per heavy atom. The second-order valence-corrected chi connectivity index (χ2v) is 13.1. The van der Waals surface area contributed by atoms with E-state index in [-0.39, 0.29) is 0 Å². The van der Waals surface area contributed by atoms with Crippen molar-refractivity contribution in [3.05, 3.63) is 202 Å². The first-order valence-electron chi connectivity index (χ1n) is 16.0. The van der Waals surface area contributed by atoms with Gasteiger partial charge in [-0.05, 0) is 81.4 Å². The van der Waals surface area contributed by atoms with Gasteiger partial charge in [0.2, 0.25) is 0 Å². The van der Waals surface area contributed by atoms with E-state index in [1.54, 1.807) is 0 Å². The Morgan fingerprint density at radius 3 is 1.45 bits per heavy atom. The summed E-state index contributed by atoms with van der Waals surface area (Å²) in [6.07, 6.45) is 0. The third kappa shape index (κ3) is 4.38. The first-order valence-corrected chi connectivity index (χ1v) is 16.8. The minimum absolute atomic E-state index is 0.629. The third-order valence-electron chi connectivity index (χ3n) is 9.69. The minimum atomic E-state index is -0.629. The fourth-order valence-corrected chi connectivity index (χ4v) is 7.99. The number of hydrogen-bond acceptors (Lipinski definition) is 2. The highest BCUT2D eigenvalue weighted by molar-refractivity contribution is 9.10. The summed E-state index contributed by atoms with van der Waals surface area (Å²) in [4.78, 5) is 2.50. The van der Waals surface area contributed by atoms with Crippen LogP contribution in [0.5, 0.6) is 11.5 Å². The fraction of sp³-hybridized carbons (Fsp3) is 0.0455. The molecule has 0 saturated heterocycles. The highest BCUT2D eigenvalue weighted by Crippen LogP contribution is 2.62. The molecule has 3 heteroatoms. The van der Waals surface area contributed by atoms with Gasteiger partial charge in [0, 0.05) is 33.5 Å². The summed E-state index contributed by atoms with van der Waals surface area (Å²) in [5.74, 6) is 1.77. The van der Waals surface area contributed by atoms with Crippen LogP contribution < -0.4 is 9.64 Å². The Kier molecular flexibility index (Phi) is 6.62. The maximum atomic E-state index is 6.68. The van der Waals surface area contributed by atoms with Crippen LogP contribution in [0.4, 0.5) is 11.4 Å². The average Bonchev–Trinajstić information content (AvgIpc) is 3.14. The van der Waals surface area contributed by atoms with E-state index in [1.807, 2.05) is 0 Å². The van der Waals surface area contributed by atoms with Crippen molar-refractivity contribution in [1.29, 1.82) is 0 Å². The lowest BCUT2D eigenvalue weighted by Crippen LogP contribution is -2.40. The number of benzene rings is 7. The van der Waals surface area contributed by atoms with Crippen LogP contribution >= 0.6 is 15.9 Å². The average molecular weight is 669 g/mol. The molecular formula is C44H30BrNO. The number of anilines is 2. The standard InChI is InChI=1S/C44H30BrNO/c45-39-20-10-7-17-34(39)29-46-40-25-23-32(30-13-3-1-4-14-30)27-37(40)44(38-28-33(24-26-41(38)46)31-15-5-2-6-16-31)35-18-8-11-21-42(35)47-43-22-12-9-19-36(43)44/h1-28H,29H2. The van der Waals surface area contributed by atoms with Crippen molar-refractivity contribution in [1.82, 2.24) is 0 Å². The highest BCUT2D eigenvalue weighted by atomic mass is 79.9. The normalized spacial score (nSPS) is 13.6. The lowest BCUT2D eigenvalue weighted by molar-refractivity contribution is 0.433. The number of hydrogen-bond donors (Lipinski definition) is 0. The van der Waals surface area contributed by atoms with Gasteiger partial charge in [0.05, 0.1) is 5.41 Å². The zero-order valence-electron chi connectivity index (χ0n) is 25.6. The first kappa shape index (κ1) is 27.9. The maximum absolute atomic E-state index is 6.68. The Bertz CT molecular complexity index is 2140. The van der Waals surface area contributed by atoms with Gasteiger partial charge in [-0.2, -0.15) is 0 Å². The smallest absolute Gasteiger partial charge is 0.132 e. The Hall–Kier alpha value is -5.38. The second kappa shape index (κ2) is 11.2. The first-order chi connectivity index (χ1) is 23.2. The quantitative estimate of drug-likeness (QED) is 0.185. The van der Waals surface area contributed by atoms with Crippen LogP contribution in [0, 0.1) is 0 Å². The van der Waals surface area contributed by atoms with Crippen molar-refractivity contribution in [2.75, 3.05) is 4.90 Å². The van der Waals surface area contributed by atoms with E-state index in [9.17, 15) is 0 Å². The molecule has 224 valence electrons. The van der Waals surface area contributed by atoms with E-state index >= 15 is 0 Å². The van der Waals surface area contributed by atoms with Crippen molar-refractivity contribution in [2.45, 2.75) is 12.0 Å². The van der Waals surface area contributed by atoms with Gasteiger partial charge in [-0.25, -0.2) is 0 Å². The maximum Gasteiger partial charge on any atom is 0.132 e.